The van der Waals surface area contributed by atoms with E-state index in [0.29, 0.717) is 0 Å². The summed E-state index contributed by atoms with van der Waals surface area (Å²) in [5, 5.41) is 0. The van der Waals surface area contributed by atoms with Crippen molar-refractivity contribution >= 4 is 0 Å². The van der Waals surface area contributed by atoms with E-state index >= 15 is 0 Å². The highest BCUT2D eigenvalue weighted by molar-refractivity contribution is 5.34. The van der Waals surface area contributed by atoms with Gasteiger partial charge in [-0.3, -0.25) is 0 Å². The number of benzene rings is 2. The molecule has 0 radical (unpaired) electrons. The zero-order valence-electron chi connectivity index (χ0n) is 14.6. The molecule has 2 nitrogen and oxygen atoms in total. The maximum atomic E-state index is 6.30. The average molecular weight is 318 g/mol. The van der Waals surface area contributed by atoms with E-state index in [1.165, 1.54) is 22.4 Å². The number of nitrogens with zero attached hydrogens (tertiary/aromatic N) is 1. The van der Waals surface area contributed by atoms with E-state index in [2.05, 4.69) is 91.6 Å². The standard InChI is InChI=1S/C22H26N2/c1-18-15-22(2,23)14-13-21(18)24(16-19-9-5-3-6-10-19)17-20-11-7-4-8-12-20/h3-14H,15-17,23H2,1-2H3. The summed E-state index contributed by atoms with van der Waals surface area (Å²) in [6.45, 7) is 6.08. The molecule has 0 amide bonds. The summed E-state index contributed by atoms with van der Waals surface area (Å²) in [4.78, 5) is 2.45. The van der Waals surface area contributed by atoms with E-state index in [-0.39, 0.29) is 5.54 Å². The van der Waals surface area contributed by atoms with Crippen molar-refractivity contribution in [1.29, 1.82) is 0 Å². The lowest BCUT2D eigenvalue weighted by atomic mass is 9.88. The van der Waals surface area contributed by atoms with Crippen LogP contribution in [0, 0.1) is 0 Å². The van der Waals surface area contributed by atoms with E-state index in [0.717, 1.165) is 19.5 Å². The quantitative estimate of drug-likeness (QED) is 0.870. The van der Waals surface area contributed by atoms with Gasteiger partial charge in [0.15, 0.2) is 0 Å². The first kappa shape index (κ1) is 16.5. The number of hydrogen-bond donors (Lipinski definition) is 1. The Morgan fingerprint density at radius 1 is 0.917 bits per heavy atom. The van der Waals surface area contributed by atoms with Crippen molar-refractivity contribution in [1.82, 2.24) is 4.90 Å². The second-order valence-electron chi connectivity index (χ2n) is 7.01. The molecule has 0 aliphatic heterocycles. The maximum absolute atomic E-state index is 6.30. The minimum atomic E-state index is -0.237. The molecule has 0 saturated carbocycles. The Labute approximate surface area is 145 Å². The number of allylic oxidation sites excluding steroid dienone is 1. The molecule has 3 rings (SSSR count). The number of rotatable bonds is 5. The predicted molar refractivity (Wildman–Crippen MR) is 101 cm³/mol. The van der Waals surface area contributed by atoms with Crippen LogP contribution in [0.25, 0.3) is 0 Å². The van der Waals surface area contributed by atoms with Gasteiger partial charge < -0.3 is 10.6 Å². The summed E-state index contributed by atoms with van der Waals surface area (Å²) in [6.07, 6.45) is 5.24. The summed E-state index contributed by atoms with van der Waals surface area (Å²) in [5.74, 6) is 0. The zero-order chi connectivity index (χ0) is 17.0. The molecular weight excluding hydrogens is 292 g/mol. The van der Waals surface area contributed by atoms with Gasteiger partial charge in [0.25, 0.3) is 0 Å². The highest BCUT2D eigenvalue weighted by Crippen LogP contribution is 2.29. The molecule has 0 bridgehead atoms. The first-order valence-corrected chi connectivity index (χ1v) is 8.54. The van der Waals surface area contributed by atoms with E-state index in [9.17, 15) is 0 Å². The third-order valence-electron chi connectivity index (χ3n) is 4.48. The van der Waals surface area contributed by atoms with Gasteiger partial charge in [-0.15, -0.1) is 0 Å². The monoisotopic (exact) mass is 318 g/mol. The Bertz CT molecular complexity index is 686. The Kier molecular flexibility index (Phi) is 4.86. The Balaban J connectivity index is 1.89. The SMILES string of the molecule is CC1=C(N(Cc2ccccc2)Cc2ccccc2)C=CC(C)(N)C1. The van der Waals surface area contributed by atoms with Crippen LogP contribution in [0.1, 0.15) is 31.4 Å². The fraction of sp³-hybridized carbons (Fsp3) is 0.273. The van der Waals surface area contributed by atoms with E-state index < -0.39 is 0 Å². The van der Waals surface area contributed by atoms with Crippen molar-refractivity contribution in [2.24, 2.45) is 5.73 Å². The third-order valence-corrected chi connectivity index (χ3v) is 4.48. The van der Waals surface area contributed by atoms with Crippen LogP contribution in [0.5, 0.6) is 0 Å². The van der Waals surface area contributed by atoms with Crippen LogP contribution in [-0.4, -0.2) is 10.4 Å². The number of hydrogen-bond acceptors (Lipinski definition) is 2. The Hall–Kier alpha value is -2.32. The highest BCUT2D eigenvalue weighted by Gasteiger charge is 2.23. The molecule has 0 heterocycles. The Morgan fingerprint density at radius 3 is 1.88 bits per heavy atom. The molecule has 0 spiro atoms. The fourth-order valence-electron chi connectivity index (χ4n) is 3.34. The van der Waals surface area contributed by atoms with Crippen molar-refractivity contribution in [3.05, 3.63) is 95.2 Å². The molecule has 1 unspecified atom stereocenters. The van der Waals surface area contributed by atoms with E-state index in [4.69, 9.17) is 5.73 Å². The molecule has 1 aliphatic rings. The molecule has 1 atom stereocenters. The lowest BCUT2D eigenvalue weighted by Crippen LogP contribution is -2.37. The molecule has 2 aromatic rings. The molecule has 2 N–H and O–H groups in total. The number of nitrogens with two attached hydrogens (primary N) is 1. The van der Waals surface area contributed by atoms with Crippen LogP contribution in [0.2, 0.25) is 0 Å². The second-order valence-corrected chi connectivity index (χ2v) is 7.01. The maximum Gasteiger partial charge on any atom is 0.0433 e. The summed E-state index contributed by atoms with van der Waals surface area (Å²) in [5.41, 5.74) is 11.4. The van der Waals surface area contributed by atoms with Crippen molar-refractivity contribution < 1.29 is 0 Å². The van der Waals surface area contributed by atoms with Crippen molar-refractivity contribution in [2.75, 3.05) is 0 Å². The molecule has 2 heteroatoms. The first-order valence-electron chi connectivity index (χ1n) is 8.54. The summed E-state index contributed by atoms with van der Waals surface area (Å²) < 4.78 is 0. The van der Waals surface area contributed by atoms with Crippen molar-refractivity contribution in [3.8, 4) is 0 Å². The molecular formula is C22H26N2. The largest absolute Gasteiger partial charge is 0.363 e. The average Bonchev–Trinajstić information content (AvgIpc) is 2.55. The van der Waals surface area contributed by atoms with Gasteiger partial charge >= 0.3 is 0 Å². The van der Waals surface area contributed by atoms with Crippen LogP contribution in [-0.2, 0) is 13.1 Å². The van der Waals surface area contributed by atoms with Crippen LogP contribution in [0.3, 0.4) is 0 Å². The van der Waals surface area contributed by atoms with Gasteiger partial charge in [0, 0.05) is 24.3 Å². The van der Waals surface area contributed by atoms with Crippen LogP contribution in [0.15, 0.2) is 84.1 Å². The van der Waals surface area contributed by atoms with Crippen molar-refractivity contribution in [2.45, 2.75) is 38.9 Å². The minimum absolute atomic E-state index is 0.237. The molecule has 1 aliphatic carbocycles. The van der Waals surface area contributed by atoms with Gasteiger partial charge in [-0.2, -0.15) is 0 Å². The van der Waals surface area contributed by atoms with Crippen molar-refractivity contribution in [3.63, 3.8) is 0 Å². The van der Waals surface area contributed by atoms with Gasteiger partial charge in [0.1, 0.15) is 0 Å². The van der Waals surface area contributed by atoms with E-state index in [1.807, 2.05) is 0 Å². The van der Waals surface area contributed by atoms with Crippen LogP contribution in [0.4, 0.5) is 0 Å². The summed E-state index contributed by atoms with van der Waals surface area (Å²) in [6, 6.07) is 21.3. The van der Waals surface area contributed by atoms with Gasteiger partial charge in [0.2, 0.25) is 0 Å². The Morgan fingerprint density at radius 2 is 1.42 bits per heavy atom. The van der Waals surface area contributed by atoms with E-state index in [1.54, 1.807) is 0 Å². The van der Waals surface area contributed by atoms with Gasteiger partial charge in [0.05, 0.1) is 0 Å². The first-order chi connectivity index (χ1) is 11.5. The zero-order valence-corrected chi connectivity index (χ0v) is 14.6. The van der Waals surface area contributed by atoms with Gasteiger partial charge in [-0.25, -0.2) is 0 Å². The normalized spacial score (nSPS) is 20.3. The van der Waals surface area contributed by atoms with Crippen LogP contribution < -0.4 is 5.73 Å². The highest BCUT2D eigenvalue weighted by atomic mass is 15.1. The summed E-state index contributed by atoms with van der Waals surface area (Å²) >= 11 is 0. The summed E-state index contributed by atoms with van der Waals surface area (Å²) in [7, 11) is 0. The van der Waals surface area contributed by atoms with Gasteiger partial charge in [-0.1, -0.05) is 66.7 Å². The fourth-order valence-corrected chi connectivity index (χ4v) is 3.34. The predicted octanol–water partition coefficient (Wildman–Crippen LogP) is 4.64. The lowest BCUT2D eigenvalue weighted by Gasteiger charge is -2.33. The molecule has 0 fully saturated rings. The molecule has 2 aromatic carbocycles. The smallest absolute Gasteiger partial charge is 0.0433 e. The lowest BCUT2D eigenvalue weighted by molar-refractivity contribution is 0.329. The topological polar surface area (TPSA) is 29.3 Å². The minimum Gasteiger partial charge on any atom is -0.363 e. The second kappa shape index (κ2) is 7.06. The van der Waals surface area contributed by atoms with Crippen LogP contribution >= 0.6 is 0 Å². The molecule has 0 saturated heterocycles. The molecule has 0 aromatic heterocycles. The van der Waals surface area contributed by atoms with Gasteiger partial charge in [-0.05, 0) is 43.0 Å². The molecule has 24 heavy (non-hydrogen) atoms. The third kappa shape index (κ3) is 4.15. The molecule has 124 valence electrons.